The van der Waals surface area contributed by atoms with Crippen LogP contribution in [0.4, 0.5) is 5.82 Å². The predicted molar refractivity (Wildman–Crippen MR) is 67.3 cm³/mol. The summed E-state index contributed by atoms with van der Waals surface area (Å²) in [7, 11) is 1.85. The van der Waals surface area contributed by atoms with E-state index in [0.29, 0.717) is 12.5 Å². The molecule has 0 amide bonds. The molecule has 16 heavy (non-hydrogen) atoms. The van der Waals surface area contributed by atoms with Gasteiger partial charge in [-0.2, -0.15) is 4.98 Å². The standard InChI is InChI=1S/C12H14N2OS/c1-13-11-5-2-6-12(14-11)15-8-7-10-4-3-9-16-10/h2-6,9H,7-8H2,1H3,(H,13,14). The summed E-state index contributed by atoms with van der Waals surface area (Å²) in [5.74, 6) is 1.50. The highest BCUT2D eigenvalue weighted by molar-refractivity contribution is 7.09. The molecule has 0 aliphatic carbocycles. The minimum Gasteiger partial charge on any atom is -0.477 e. The molecule has 2 aromatic heterocycles. The third-order valence-corrected chi connectivity index (χ3v) is 3.09. The largest absolute Gasteiger partial charge is 0.477 e. The van der Waals surface area contributed by atoms with Crippen LogP contribution in [0.15, 0.2) is 35.7 Å². The van der Waals surface area contributed by atoms with Gasteiger partial charge in [-0.15, -0.1) is 11.3 Å². The molecule has 2 heterocycles. The molecule has 84 valence electrons. The quantitative estimate of drug-likeness (QED) is 0.863. The molecule has 0 aromatic carbocycles. The van der Waals surface area contributed by atoms with Crippen LogP contribution in [0.3, 0.4) is 0 Å². The second kappa shape index (κ2) is 5.51. The van der Waals surface area contributed by atoms with Crippen molar-refractivity contribution in [2.24, 2.45) is 0 Å². The van der Waals surface area contributed by atoms with Crippen molar-refractivity contribution < 1.29 is 4.74 Å². The molecule has 0 radical (unpaired) electrons. The molecule has 0 aliphatic rings. The van der Waals surface area contributed by atoms with Gasteiger partial charge in [-0.1, -0.05) is 12.1 Å². The maximum Gasteiger partial charge on any atom is 0.215 e. The average Bonchev–Trinajstić information content (AvgIpc) is 2.82. The molecule has 0 aliphatic heterocycles. The predicted octanol–water partition coefficient (Wildman–Crippen LogP) is 2.81. The van der Waals surface area contributed by atoms with Gasteiger partial charge in [0.2, 0.25) is 5.88 Å². The van der Waals surface area contributed by atoms with E-state index in [1.54, 1.807) is 11.3 Å². The smallest absolute Gasteiger partial charge is 0.215 e. The molecule has 2 aromatic rings. The fraction of sp³-hybridized carbons (Fsp3) is 0.250. The van der Waals surface area contributed by atoms with Crippen LogP contribution < -0.4 is 10.1 Å². The van der Waals surface area contributed by atoms with Gasteiger partial charge >= 0.3 is 0 Å². The van der Waals surface area contributed by atoms with Gasteiger partial charge in [-0.3, -0.25) is 0 Å². The Morgan fingerprint density at radius 3 is 3.00 bits per heavy atom. The van der Waals surface area contributed by atoms with E-state index in [9.17, 15) is 0 Å². The second-order valence-corrected chi connectivity index (χ2v) is 4.32. The SMILES string of the molecule is CNc1cccc(OCCc2cccs2)n1. The van der Waals surface area contributed by atoms with Crippen molar-refractivity contribution in [1.82, 2.24) is 4.98 Å². The number of ether oxygens (including phenoxy) is 1. The monoisotopic (exact) mass is 234 g/mol. The zero-order chi connectivity index (χ0) is 11.2. The van der Waals surface area contributed by atoms with Crippen molar-refractivity contribution in [2.45, 2.75) is 6.42 Å². The lowest BCUT2D eigenvalue weighted by atomic mass is 10.4. The van der Waals surface area contributed by atoms with Crippen LogP contribution in [-0.2, 0) is 6.42 Å². The summed E-state index contributed by atoms with van der Waals surface area (Å²) >= 11 is 1.75. The fourth-order valence-corrected chi connectivity index (χ4v) is 2.04. The van der Waals surface area contributed by atoms with E-state index in [1.165, 1.54) is 4.88 Å². The average molecular weight is 234 g/mol. The highest BCUT2D eigenvalue weighted by Gasteiger charge is 1.98. The summed E-state index contributed by atoms with van der Waals surface area (Å²) in [5.41, 5.74) is 0. The lowest BCUT2D eigenvalue weighted by molar-refractivity contribution is 0.311. The first kappa shape index (κ1) is 11.0. The Kier molecular flexibility index (Phi) is 3.77. The Bertz CT molecular complexity index is 428. The third kappa shape index (κ3) is 2.97. The van der Waals surface area contributed by atoms with E-state index in [1.807, 2.05) is 25.2 Å². The fourth-order valence-electron chi connectivity index (χ4n) is 1.35. The third-order valence-electron chi connectivity index (χ3n) is 2.16. The zero-order valence-corrected chi connectivity index (χ0v) is 9.96. The van der Waals surface area contributed by atoms with Crippen molar-refractivity contribution >= 4 is 17.2 Å². The molecular weight excluding hydrogens is 220 g/mol. The molecule has 1 N–H and O–H groups in total. The number of nitrogens with one attached hydrogen (secondary N) is 1. The summed E-state index contributed by atoms with van der Waals surface area (Å²) in [6.45, 7) is 0.667. The van der Waals surface area contributed by atoms with Crippen molar-refractivity contribution in [3.8, 4) is 5.88 Å². The molecule has 0 atom stereocenters. The van der Waals surface area contributed by atoms with Crippen LogP contribution in [0.2, 0.25) is 0 Å². The van der Waals surface area contributed by atoms with Gasteiger partial charge in [-0.05, 0) is 17.5 Å². The molecule has 0 saturated heterocycles. The zero-order valence-electron chi connectivity index (χ0n) is 9.14. The van der Waals surface area contributed by atoms with Crippen molar-refractivity contribution in [1.29, 1.82) is 0 Å². The highest BCUT2D eigenvalue weighted by Crippen LogP contribution is 2.13. The molecule has 3 nitrogen and oxygen atoms in total. The van der Waals surface area contributed by atoms with Gasteiger partial charge in [0.25, 0.3) is 0 Å². The molecule has 0 unspecified atom stereocenters. The normalized spacial score (nSPS) is 10.1. The van der Waals surface area contributed by atoms with Crippen LogP contribution >= 0.6 is 11.3 Å². The van der Waals surface area contributed by atoms with E-state index in [0.717, 1.165) is 12.2 Å². The number of pyridine rings is 1. The number of anilines is 1. The minimum absolute atomic E-state index is 0.667. The molecule has 0 fully saturated rings. The maximum atomic E-state index is 5.58. The summed E-state index contributed by atoms with van der Waals surface area (Å²) in [4.78, 5) is 5.62. The Morgan fingerprint density at radius 1 is 1.31 bits per heavy atom. The number of nitrogens with zero attached hydrogens (tertiary/aromatic N) is 1. The van der Waals surface area contributed by atoms with Crippen LogP contribution in [0, 0.1) is 0 Å². The molecule has 4 heteroatoms. The molecule has 0 saturated carbocycles. The lowest BCUT2D eigenvalue weighted by Crippen LogP contribution is -2.02. The van der Waals surface area contributed by atoms with Crippen LogP contribution in [0.1, 0.15) is 4.88 Å². The second-order valence-electron chi connectivity index (χ2n) is 3.29. The van der Waals surface area contributed by atoms with Gasteiger partial charge in [0, 0.05) is 24.4 Å². The van der Waals surface area contributed by atoms with E-state index in [-0.39, 0.29) is 0 Å². The van der Waals surface area contributed by atoms with Crippen LogP contribution in [0.5, 0.6) is 5.88 Å². The highest BCUT2D eigenvalue weighted by atomic mass is 32.1. The molecule has 0 bridgehead atoms. The minimum atomic E-state index is 0.667. The van der Waals surface area contributed by atoms with Gasteiger partial charge in [0.15, 0.2) is 0 Å². The Labute approximate surface area is 99.1 Å². The Morgan fingerprint density at radius 2 is 2.25 bits per heavy atom. The molecule has 2 rings (SSSR count). The van der Waals surface area contributed by atoms with E-state index >= 15 is 0 Å². The summed E-state index contributed by atoms with van der Waals surface area (Å²) in [5, 5.41) is 5.06. The first-order chi connectivity index (χ1) is 7.88. The maximum absolute atomic E-state index is 5.58. The van der Waals surface area contributed by atoms with E-state index in [2.05, 4.69) is 27.8 Å². The number of hydrogen-bond acceptors (Lipinski definition) is 4. The number of thiophene rings is 1. The lowest BCUT2D eigenvalue weighted by Gasteiger charge is -2.05. The molecule has 0 spiro atoms. The summed E-state index contributed by atoms with van der Waals surface area (Å²) in [6.07, 6.45) is 0.934. The number of rotatable bonds is 5. The Hall–Kier alpha value is -1.55. The first-order valence-corrected chi connectivity index (χ1v) is 6.06. The van der Waals surface area contributed by atoms with Gasteiger partial charge in [0.05, 0.1) is 6.61 Å². The Balaban J connectivity index is 1.85. The number of hydrogen-bond donors (Lipinski definition) is 1. The van der Waals surface area contributed by atoms with Crippen molar-refractivity contribution in [3.05, 3.63) is 40.6 Å². The summed E-state index contributed by atoms with van der Waals surface area (Å²) in [6, 6.07) is 9.88. The van der Waals surface area contributed by atoms with E-state index < -0.39 is 0 Å². The topological polar surface area (TPSA) is 34.1 Å². The van der Waals surface area contributed by atoms with Crippen LogP contribution in [0.25, 0.3) is 0 Å². The summed E-state index contributed by atoms with van der Waals surface area (Å²) < 4.78 is 5.58. The van der Waals surface area contributed by atoms with Gasteiger partial charge in [-0.25, -0.2) is 0 Å². The van der Waals surface area contributed by atoms with E-state index in [4.69, 9.17) is 4.74 Å². The first-order valence-electron chi connectivity index (χ1n) is 5.18. The van der Waals surface area contributed by atoms with Crippen molar-refractivity contribution in [3.63, 3.8) is 0 Å². The van der Waals surface area contributed by atoms with Gasteiger partial charge in [0.1, 0.15) is 5.82 Å². The van der Waals surface area contributed by atoms with Crippen molar-refractivity contribution in [2.75, 3.05) is 19.0 Å². The van der Waals surface area contributed by atoms with Gasteiger partial charge < -0.3 is 10.1 Å². The van der Waals surface area contributed by atoms with Crippen LogP contribution in [-0.4, -0.2) is 18.6 Å². The molecular formula is C12H14N2OS. The number of aromatic nitrogens is 1.